The van der Waals surface area contributed by atoms with Crippen LogP contribution in [0.15, 0.2) is 35.2 Å². The molecule has 0 saturated heterocycles. The molecule has 0 aromatic carbocycles. The van der Waals surface area contributed by atoms with Crippen LogP contribution < -0.4 is 0 Å². The second-order valence-corrected chi connectivity index (χ2v) is 3.48. The lowest BCUT2D eigenvalue weighted by Gasteiger charge is -1.99. The molecule has 2 aromatic heterocycles. The average molecular weight is 239 g/mol. The van der Waals surface area contributed by atoms with Crippen molar-refractivity contribution >= 4 is 15.9 Å². The summed E-state index contributed by atoms with van der Waals surface area (Å²) in [6.07, 6.45) is 5.23. The molecular formula is C8H7BrN4. The van der Waals surface area contributed by atoms with Gasteiger partial charge in [0.15, 0.2) is 0 Å². The first-order valence-electron chi connectivity index (χ1n) is 3.79. The monoisotopic (exact) mass is 238 g/mol. The van der Waals surface area contributed by atoms with Crippen LogP contribution in [-0.2, 0) is 6.54 Å². The van der Waals surface area contributed by atoms with Crippen LogP contribution in [-0.4, -0.2) is 20.0 Å². The molecular weight excluding hydrogens is 232 g/mol. The largest absolute Gasteiger partial charge is 0.258 e. The van der Waals surface area contributed by atoms with Crippen molar-refractivity contribution < 1.29 is 0 Å². The quantitative estimate of drug-likeness (QED) is 0.797. The highest BCUT2D eigenvalue weighted by atomic mass is 79.9. The van der Waals surface area contributed by atoms with E-state index < -0.39 is 0 Å². The number of rotatable bonds is 2. The molecule has 0 atom stereocenters. The van der Waals surface area contributed by atoms with E-state index in [2.05, 4.69) is 31.2 Å². The maximum absolute atomic E-state index is 4.22. The van der Waals surface area contributed by atoms with E-state index in [9.17, 15) is 0 Å². The first-order chi connectivity index (χ1) is 6.34. The van der Waals surface area contributed by atoms with Crippen LogP contribution >= 0.6 is 15.9 Å². The van der Waals surface area contributed by atoms with E-state index in [-0.39, 0.29) is 0 Å². The Kier molecular flexibility index (Phi) is 2.35. The Hall–Kier alpha value is -1.23. The van der Waals surface area contributed by atoms with Gasteiger partial charge in [-0.1, -0.05) is 5.21 Å². The summed E-state index contributed by atoms with van der Waals surface area (Å²) < 4.78 is 2.71. The molecule has 4 nitrogen and oxygen atoms in total. The van der Waals surface area contributed by atoms with Gasteiger partial charge < -0.3 is 0 Å². The van der Waals surface area contributed by atoms with Crippen LogP contribution in [0.1, 0.15) is 5.69 Å². The lowest BCUT2D eigenvalue weighted by Crippen LogP contribution is -2.02. The van der Waals surface area contributed by atoms with Crippen molar-refractivity contribution in [1.29, 1.82) is 0 Å². The highest BCUT2D eigenvalue weighted by molar-refractivity contribution is 9.10. The van der Waals surface area contributed by atoms with Crippen molar-refractivity contribution in [2.75, 3.05) is 0 Å². The molecule has 2 rings (SSSR count). The van der Waals surface area contributed by atoms with Crippen molar-refractivity contribution in [3.05, 3.63) is 40.9 Å². The molecule has 0 bridgehead atoms. The molecule has 0 unspecified atom stereocenters. The molecule has 0 aliphatic heterocycles. The Morgan fingerprint density at radius 3 is 2.92 bits per heavy atom. The van der Waals surface area contributed by atoms with Gasteiger partial charge in [-0.25, -0.2) is 4.68 Å². The summed E-state index contributed by atoms with van der Waals surface area (Å²) in [5.74, 6) is 0. The maximum atomic E-state index is 4.22. The minimum Gasteiger partial charge on any atom is -0.258 e. The zero-order valence-corrected chi connectivity index (χ0v) is 8.35. The van der Waals surface area contributed by atoms with E-state index in [1.54, 1.807) is 17.1 Å². The summed E-state index contributed by atoms with van der Waals surface area (Å²) in [4.78, 5) is 4.22. The normalized spacial score (nSPS) is 10.2. The summed E-state index contributed by atoms with van der Waals surface area (Å²) >= 11 is 3.33. The van der Waals surface area contributed by atoms with E-state index in [1.807, 2.05) is 18.3 Å². The first kappa shape index (κ1) is 8.37. The number of hydrogen-bond acceptors (Lipinski definition) is 3. The highest BCUT2D eigenvalue weighted by Gasteiger charge is 1.96. The van der Waals surface area contributed by atoms with Gasteiger partial charge >= 0.3 is 0 Å². The lowest BCUT2D eigenvalue weighted by atomic mass is 10.3. The van der Waals surface area contributed by atoms with Crippen LogP contribution in [0.25, 0.3) is 0 Å². The van der Waals surface area contributed by atoms with Gasteiger partial charge in [-0.05, 0) is 28.1 Å². The fourth-order valence-electron chi connectivity index (χ4n) is 0.983. The van der Waals surface area contributed by atoms with Gasteiger partial charge in [-0.3, -0.25) is 4.98 Å². The van der Waals surface area contributed by atoms with E-state index in [0.717, 1.165) is 10.2 Å². The molecule has 0 aliphatic carbocycles. The lowest BCUT2D eigenvalue weighted by molar-refractivity contribution is 0.638. The van der Waals surface area contributed by atoms with E-state index in [1.165, 1.54) is 0 Å². The highest BCUT2D eigenvalue weighted by Crippen LogP contribution is 2.07. The molecule has 2 heterocycles. The molecule has 0 spiro atoms. The summed E-state index contributed by atoms with van der Waals surface area (Å²) in [7, 11) is 0. The average Bonchev–Trinajstić information content (AvgIpc) is 2.62. The smallest absolute Gasteiger partial charge is 0.0849 e. The van der Waals surface area contributed by atoms with Crippen molar-refractivity contribution in [3.63, 3.8) is 0 Å². The molecule has 66 valence electrons. The summed E-state index contributed by atoms with van der Waals surface area (Å²) in [5, 5.41) is 7.56. The molecule has 0 radical (unpaired) electrons. The van der Waals surface area contributed by atoms with Gasteiger partial charge in [0, 0.05) is 16.9 Å². The zero-order valence-electron chi connectivity index (χ0n) is 6.76. The van der Waals surface area contributed by atoms with Crippen molar-refractivity contribution in [2.45, 2.75) is 6.54 Å². The topological polar surface area (TPSA) is 43.6 Å². The number of nitrogens with zero attached hydrogens (tertiary/aromatic N) is 4. The van der Waals surface area contributed by atoms with Gasteiger partial charge in [0.25, 0.3) is 0 Å². The summed E-state index contributed by atoms with van der Waals surface area (Å²) in [6.45, 7) is 0.660. The minimum atomic E-state index is 0.660. The molecule has 0 saturated carbocycles. The Morgan fingerprint density at radius 2 is 2.31 bits per heavy atom. The SMILES string of the molecule is Brc1ccc(Cn2ccnn2)nc1. The van der Waals surface area contributed by atoms with Crippen LogP contribution in [0.2, 0.25) is 0 Å². The second kappa shape index (κ2) is 3.66. The predicted molar refractivity (Wildman–Crippen MR) is 51.1 cm³/mol. The van der Waals surface area contributed by atoms with Crippen molar-refractivity contribution in [3.8, 4) is 0 Å². The molecule has 0 fully saturated rings. The van der Waals surface area contributed by atoms with Gasteiger partial charge in [-0.2, -0.15) is 0 Å². The third-order valence-corrected chi connectivity index (χ3v) is 2.05. The molecule has 5 heteroatoms. The Labute approximate surface area is 83.7 Å². The molecule has 0 N–H and O–H groups in total. The van der Waals surface area contributed by atoms with Crippen LogP contribution in [0.4, 0.5) is 0 Å². The first-order valence-corrected chi connectivity index (χ1v) is 4.58. The number of hydrogen-bond donors (Lipinski definition) is 0. The molecule has 0 amide bonds. The van der Waals surface area contributed by atoms with Gasteiger partial charge in [0.1, 0.15) is 0 Å². The van der Waals surface area contributed by atoms with E-state index in [4.69, 9.17) is 0 Å². The van der Waals surface area contributed by atoms with Crippen molar-refractivity contribution in [1.82, 2.24) is 20.0 Å². The second-order valence-electron chi connectivity index (χ2n) is 2.57. The summed E-state index contributed by atoms with van der Waals surface area (Å²) in [6, 6.07) is 3.91. The predicted octanol–water partition coefficient (Wildman–Crippen LogP) is 1.48. The number of pyridine rings is 1. The van der Waals surface area contributed by atoms with Gasteiger partial charge in [0.2, 0.25) is 0 Å². The van der Waals surface area contributed by atoms with Crippen LogP contribution in [0.3, 0.4) is 0 Å². The van der Waals surface area contributed by atoms with Crippen molar-refractivity contribution in [2.24, 2.45) is 0 Å². The van der Waals surface area contributed by atoms with Gasteiger partial charge in [-0.15, -0.1) is 5.10 Å². The third-order valence-electron chi connectivity index (χ3n) is 1.58. The van der Waals surface area contributed by atoms with E-state index >= 15 is 0 Å². The Bertz CT molecular complexity index is 368. The Morgan fingerprint density at radius 1 is 1.38 bits per heavy atom. The number of halogens is 1. The summed E-state index contributed by atoms with van der Waals surface area (Å²) in [5.41, 5.74) is 0.966. The molecule has 0 aliphatic rings. The maximum Gasteiger partial charge on any atom is 0.0849 e. The van der Waals surface area contributed by atoms with Crippen LogP contribution in [0, 0.1) is 0 Å². The minimum absolute atomic E-state index is 0.660. The standard InChI is InChI=1S/C8H7BrN4/c9-7-1-2-8(10-5-7)6-13-4-3-11-12-13/h1-5H,6H2. The van der Waals surface area contributed by atoms with Gasteiger partial charge in [0.05, 0.1) is 18.4 Å². The molecule has 13 heavy (non-hydrogen) atoms. The third kappa shape index (κ3) is 2.12. The van der Waals surface area contributed by atoms with E-state index in [0.29, 0.717) is 6.54 Å². The zero-order chi connectivity index (χ0) is 9.10. The Balaban J connectivity index is 2.15. The fourth-order valence-corrected chi connectivity index (χ4v) is 1.22. The van der Waals surface area contributed by atoms with Crippen LogP contribution in [0.5, 0.6) is 0 Å². The fraction of sp³-hybridized carbons (Fsp3) is 0.125. The molecule has 2 aromatic rings. The number of aromatic nitrogens is 4.